The van der Waals surface area contributed by atoms with E-state index in [2.05, 4.69) is 48.1 Å². The van der Waals surface area contributed by atoms with Gasteiger partial charge in [0.1, 0.15) is 0 Å². The van der Waals surface area contributed by atoms with E-state index >= 15 is 0 Å². The molecule has 0 saturated heterocycles. The summed E-state index contributed by atoms with van der Waals surface area (Å²) in [6, 6.07) is 8.60. The van der Waals surface area contributed by atoms with Crippen LogP contribution in [0.2, 0.25) is 0 Å². The lowest BCUT2D eigenvalue weighted by molar-refractivity contribution is 0.734. The van der Waals surface area contributed by atoms with Gasteiger partial charge in [0.05, 0.1) is 17.7 Å². The second kappa shape index (κ2) is 5.15. The molecule has 0 aliphatic rings. The van der Waals surface area contributed by atoms with E-state index in [4.69, 9.17) is 5.73 Å². The SMILES string of the molecule is CCC(C)c1ccc(-c2nc[nH]c2CN)cc1. The molecule has 90 valence electrons. The van der Waals surface area contributed by atoms with Crippen LogP contribution >= 0.6 is 0 Å². The molecular weight excluding hydrogens is 210 g/mol. The minimum absolute atomic E-state index is 0.489. The summed E-state index contributed by atoms with van der Waals surface area (Å²) in [7, 11) is 0. The molecule has 0 saturated carbocycles. The summed E-state index contributed by atoms with van der Waals surface area (Å²) in [4.78, 5) is 7.38. The summed E-state index contributed by atoms with van der Waals surface area (Å²) in [6.45, 7) is 4.94. The van der Waals surface area contributed by atoms with Crippen molar-refractivity contribution in [1.82, 2.24) is 9.97 Å². The highest BCUT2D eigenvalue weighted by Crippen LogP contribution is 2.24. The molecule has 3 nitrogen and oxygen atoms in total. The van der Waals surface area contributed by atoms with Crippen LogP contribution in [-0.4, -0.2) is 9.97 Å². The molecule has 0 fully saturated rings. The predicted molar refractivity (Wildman–Crippen MR) is 70.6 cm³/mol. The van der Waals surface area contributed by atoms with Gasteiger partial charge in [-0.1, -0.05) is 38.1 Å². The summed E-state index contributed by atoms with van der Waals surface area (Å²) in [5.41, 5.74) is 10.1. The maximum Gasteiger partial charge on any atom is 0.0929 e. The topological polar surface area (TPSA) is 54.7 Å². The molecule has 1 aromatic heterocycles. The van der Waals surface area contributed by atoms with Crippen LogP contribution in [0.3, 0.4) is 0 Å². The Balaban J connectivity index is 2.29. The van der Waals surface area contributed by atoms with E-state index in [0.717, 1.165) is 23.4 Å². The van der Waals surface area contributed by atoms with Gasteiger partial charge in [-0.2, -0.15) is 0 Å². The third-order valence-corrected chi connectivity index (χ3v) is 3.29. The predicted octanol–water partition coefficient (Wildman–Crippen LogP) is 3.05. The van der Waals surface area contributed by atoms with Crippen LogP contribution in [0.5, 0.6) is 0 Å². The minimum atomic E-state index is 0.489. The quantitative estimate of drug-likeness (QED) is 0.846. The van der Waals surface area contributed by atoms with Crippen LogP contribution < -0.4 is 5.73 Å². The van der Waals surface area contributed by atoms with Gasteiger partial charge in [-0.3, -0.25) is 0 Å². The Bertz CT molecular complexity index is 470. The van der Waals surface area contributed by atoms with Crippen molar-refractivity contribution in [2.45, 2.75) is 32.7 Å². The first kappa shape index (κ1) is 11.9. The summed E-state index contributed by atoms with van der Waals surface area (Å²) < 4.78 is 0. The van der Waals surface area contributed by atoms with E-state index in [1.54, 1.807) is 6.33 Å². The molecule has 3 N–H and O–H groups in total. The van der Waals surface area contributed by atoms with Crippen LogP contribution in [0.1, 0.15) is 37.4 Å². The van der Waals surface area contributed by atoms with E-state index in [0.29, 0.717) is 12.5 Å². The number of hydrogen-bond acceptors (Lipinski definition) is 2. The normalized spacial score (nSPS) is 12.6. The summed E-state index contributed by atoms with van der Waals surface area (Å²) in [5, 5.41) is 0. The van der Waals surface area contributed by atoms with Crippen molar-refractivity contribution in [2.75, 3.05) is 0 Å². The Morgan fingerprint density at radius 2 is 2.00 bits per heavy atom. The van der Waals surface area contributed by atoms with Gasteiger partial charge in [0.15, 0.2) is 0 Å². The van der Waals surface area contributed by atoms with E-state index in [-0.39, 0.29) is 0 Å². The van der Waals surface area contributed by atoms with Crippen molar-refractivity contribution in [1.29, 1.82) is 0 Å². The fourth-order valence-corrected chi connectivity index (χ4v) is 1.93. The van der Waals surface area contributed by atoms with Crippen molar-refractivity contribution in [3.05, 3.63) is 41.9 Å². The summed E-state index contributed by atoms with van der Waals surface area (Å²) in [6.07, 6.45) is 2.86. The largest absolute Gasteiger partial charge is 0.347 e. The molecule has 1 atom stereocenters. The van der Waals surface area contributed by atoms with Gasteiger partial charge >= 0.3 is 0 Å². The maximum absolute atomic E-state index is 5.66. The number of benzene rings is 1. The lowest BCUT2D eigenvalue weighted by Gasteiger charge is -2.09. The van der Waals surface area contributed by atoms with Crippen LogP contribution in [-0.2, 0) is 6.54 Å². The van der Waals surface area contributed by atoms with Gasteiger partial charge in [0.25, 0.3) is 0 Å². The number of nitrogens with zero attached hydrogens (tertiary/aromatic N) is 1. The smallest absolute Gasteiger partial charge is 0.0929 e. The van der Waals surface area contributed by atoms with Crippen molar-refractivity contribution in [3.8, 4) is 11.3 Å². The van der Waals surface area contributed by atoms with E-state index in [1.165, 1.54) is 5.56 Å². The molecule has 0 radical (unpaired) electrons. The molecule has 1 heterocycles. The molecule has 3 heteroatoms. The average molecular weight is 229 g/mol. The Hall–Kier alpha value is -1.61. The molecule has 0 bridgehead atoms. The highest BCUT2D eigenvalue weighted by atomic mass is 14.9. The number of nitrogens with two attached hydrogens (primary N) is 1. The zero-order valence-corrected chi connectivity index (χ0v) is 10.4. The molecule has 0 aliphatic heterocycles. The number of nitrogens with one attached hydrogen (secondary N) is 1. The molecule has 2 rings (SSSR count). The molecule has 0 aliphatic carbocycles. The third-order valence-electron chi connectivity index (χ3n) is 3.29. The second-order valence-electron chi connectivity index (χ2n) is 4.37. The zero-order valence-electron chi connectivity index (χ0n) is 10.4. The van der Waals surface area contributed by atoms with E-state index < -0.39 is 0 Å². The Morgan fingerprint density at radius 1 is 1.29 bits per heavy atom. The molecule has 0 amide bonds. The molecule has 2 aromatic rings. The molecular formula is C14H19N3. The number of rotatable bonds is 4. The van der Waals surface area contributed by atoms with Gasteiger partial charge in [-0.15, -0.1) is 0 Å². The number of imidazole rings is 1. The highest BCUT2D eigenvalue weighted by molar-refractivity contribution is 5.62. The first-order valence-corrected chi connectivity index (χ1v) is 6.09. The third kappa shape index (κ3) is 2.39. The van der Waals surface area contributed by atoms with Crippen molar-refractivity contribution in [3.63, 3.8) is 0 Å². The van der Waals surface area contributed by atoms with Crippen LogP contribution in [0, 0.1) is 0 Å². The number of hydrogen-bond donors (Lipinski definition) is 2. The fraction of sp³-hybridized carbons (Fsp3) is 0.357. The number of aromatic nitrogens is 2. The standard InChI is InChI=1S/C14H19N3/c1-3-10(2)11-4-6-12(7-5-11)14-13(8-15)16-9-17-14/h4-7,9-10H,3,8,15H2,1-2H3,(H,16,17). The van der Waals surface area contributed by atoms with Crippen molar-refractivity contribution in [2.24, 2.45) is 5.73 Å². The highest BCUT2D eigenvalue weighted by Gasteiger charge is 2.08. The average Bonchev–Trinajstić information content (AvgIpc) is 2.86. The molecule has 1 unspecified atom stereocenters. The zero-order chi connectivity index (χ0) is 12.3. The first-order chi connectivity index (χ1) is 8.26. The number of H-pyrrole nitrogens is 1. The Labute approximate surface area is 102 Å². The van der Waals surface area contributed by atoms with Gasteiger partial charge in [0.2, 0.25) is 0 Å². The number of aromatic amines is 1. The lowest BCUT2D eigenvalue weighted by atomic mass is 9.97. The van der Waals surface area contributed by atoms with Gasteiger partial charge in [-0.05, 0) is 17.9 Å². The lowest BCUT2D eigenvalue weighted by Crippen LogP contribution is -1.98. The Morgan fingerprint density at radius 3 is 2.59 bits per heavy atom. The van der Waals surface area contributed by atoms with Crippen LogP contribution in [0.4, 0.5) is 0 Å². The van der Waals surface area contributed by atoms with Crippen LogP contribution in [0.15, 0.2) is 30.6 Å². The molecule has 17 heavy (non-hydrogen) atoms. The second-order valence-corrected chi connectivity index (χ2v) is 4.37. The maximum atomic E-state index is 5.66. The van der Waals surface area contributed by atoms with Crippen LogP contribution in [0.25, 0.3) is 11.3 Å². The van der Waals surface area contributed by atoms with Gasteiger partial charge in [0, 0.05) is 12.1 Å². The Kier molecular flexibility index (Phi) is 3.59. The summed E-state index contributed by atoms with van der Waals surface area (Å²) in [5.74, 6) is 0.609. The first-order valence-electron chi connectivity index (χ1n) is 6.09. The molecule has 1 aromatic carbocycles. The molecule has 0 spiro atoms. The van der Waals surface area contributed by atoms with E-state index in [1.807, 2.05) is 0 Å². The fourth-order valence-electron chi connectivity index (χ4n) is 1.93. The van der Waals surface area contributed by atoms with Gasteiger partial charge < -0.3 is 10.7 Å². The van der Waals surface area contributed by atoms with Crippen molar-refractivity contribution >= 4 is 0 Å². The summed E-state index contributed by atoms with van der Waals surface area (Å²) >= 11 is 0. The monoisotopic (exact) mass is 229 g/mol. The van der Waals surface area contributed by atoms with E-state index in [9.17, 15) is 0 Å². The van der Waals surface area contributed by atoms with Gasteiger partial charge in [-0.25, -0.2) is 4.98 Å². The van der Waals surface area contributed by atoms with Crippen molar-refractivity contribution < 1.29 is 0 Å². The minimum Gasteiger partial charge on any atom is -0.347 e.